The Morgan fingerprint density at radius 2 is 1.54 bits per heavy atom. The van der Waals surface area contributed by atoms with E-state index in [1.807, 2.05) is 79.9 Å². The largest absolute Gasteiger partial charge is 0.391 e. The van der Waals surface area contributed by atoms with Gasteiger partial charge in [-0.05, 0) is 36.3 Å². The first-order chi connectivity index (χ1) is 19.5. The minimum atomic E-state index is -0.823. The molecule has 9 heteroatoms. The lowest BCUT2D eigenvalue weighted by Crippen LogP contribution is -2.55. The van der Waals surface area contributed by atoms with Gasteiger partial charge in [0.2, 0.25) is 5.91 Å². The molecule has 8 nitrogen and oxygen atoms in total. The maximum atomic E-state index is 13.6. The van der Waals surface area contributed by atoms with Crippen molar-refractivity contribution in [2.75, 3.05) is 7.05 Å². The van der Waals surface area contributed by atoms with Gasteiger partial charge in [0.05, 0.1) is 23.4 Å². The van der Waals surface area contributed by atoms with E-state index in [9.17, 15) is 14.7 Å². The number of urea groups is 1. The van der Waals surface area contributed by atoms with Gasteiger partial charge in [-0.25, -0.2) is 9.78 Å². The van der Waals surface area contributed by atoms with Gasteiger partial charge in [0.15, 0.2) is 0 Å². The van der Waals surface area contributed by atoms with E-state index < -0.39 is 18.2 Å². The molecule has 0 aliphatic heterocycles. The summed E-state index contributed by atoms with van der Waals surface area (Å²) in [6.45, 7) is 8.33. The maximum absolute atomic E-state index is 13.6. The van der Waals surface area contributed by atoms with Gasteiger partial charge in [0, 0.05) is 30.4 Å². The average Bonchev–Trinajstić information content (AvgIpc) is 3.41. The van der Waals surface area contributed by atoms with Crippen molar-refractivity contribution in [1.29, 1.82) is 0 Å². The molecule has 3 aromatic rings. The monoisotopic (exact) mass is 579 g/mol. The number of nitrogens with two attached hydrogens (primary N) is 1. The average molecular weight is 580 g/mol. The number of nitrogens with zero attached hydrogens (tertiary/aromatic N) is 2. The first-order valence-electron chi connectivity index (χ1n) is 14.3. The molecule has 0 saturated carbocycles. The number of aliphatic hydroxyl groups is 1. The molecule has 222 valence electrons. The summed E-state index contributed by atoms with van der Waals surface area (Å²) in [6, 6.07) is 17.7. The summed E-state index contributed by atoms with van der Waals surface area (Å²) in [6.07, 6.45) is 0.525. The van der Waals surface area contributed by atoms with Gasteiger partial charge in [-0.15, -0.1) is 11.3 Å². The zero-order chi connectivity index (χ0) is 29.9. The highest BCUT2D eigenvalue weighted by Gasteiger charge is 2.29. The maximum Gasteiger partial charge on any atom is 0.318 e. The van der Waals surface area contributed by atoms with Crippen LogP contribution in [0.1, 0.15) is 61.9 Å². The Labute approximate surface area is 248 Å². The van der Waals surface area contributed by atoms with E-state index in [0.717, 1.165) is 21.8 Å². The predicted octanol–water partition coefficient (Wildman–Crippen LogP) is 4.48. The third kappa shape index (κ3) is 10.3. The van der Waals surface area contributed by atoms with E-state index in [1.165, 1.54) is 4.90 Å². The van der Waals surface area contributed by atoms with E-state index in [0.29, 0.717) is 25.3 Å². The van der Waals surface area contributed by atoms with Crippen LogP contribution in [0, 0.1) is 5.92 Å². The standard InChI is InChI=1S/C32H45N5O3S/c1-21(2)29(36-32(40)37(5)19-26-20-41-31(35-26)22(3)4)30(39)34-25(16-23-12-8-6-9-13-23)18-28(38)27(33)17-24-14-10-7-11-15-24/h6-15,20-22,25,27-29,38H,16-19,33H2,1-5H3,(H,34,39)(H,36,40)/t25-,27-,28-,29?/m0/s1. The van der Waals surface area contributed by atoms with Crippen LogP contribution in [-0.4, -0.2) is 58.2 Å². The van der Waals surface area contributed by atoms with E-state index in [4.69, 9.17) is 5.73 Å². The van der Waals surface area contributed by atoms with Gasteiger partial charge in [-0.1, -0.05) is 88.4 Å². The van der Waals surface area contributed by atoms with E-state index in [2.05, 4.69) is 29.5 Å². The Bertz CT molecular complexity index is 1220. The normalized spacial score (nSPS) is 14.4. The van der Waals surface area contributed by atoms with Crippen LogP contribution in [0.5, 0.6) is 0 Å². The molecule has 0 bridgehead atoms. The number of hydrogen-bond acceptors (Lipinski definition) is 6. The second-order valence-corrected chi connectivity index (χ2v) is 12.3. The number of hydrogen-bond donors (Lipinski definition) is 4. The Hall–Kier alpha value is -3.27. The lowest BCUT2D eigenvalue weighted by Gasteiger charge is -2.29. The summed E-state index contributed by atoms with van der Waals surface area (Å²) in [4.78, 5) is 32.8. The number of amides is 3. The molecule has 0 aliphatic carbocycles. The van der Waals surface area contributed by atoms with Crippen molar-refractivity contribution in [3.63, 3.8) is 0 Å². The molecule has 1 heterocycles. The van der Waals surface area contributed by atoms with Crippen LogP contribution in [-0.2, 0) is 24.2 Å². The minimum absolute atomic E-state index is 0.151. The van der Waals surface area contributed by atoms with Crippen LogP contribution >= 0.6 is 11.3 Å². The smallest absolute Gasteiger partial charge is 0.318 e. The molecule has 0 radical (unpaired) electrons. The number of carbonyl (C=O) groups is 2. The van der Waals surface area contributed by atoms with E-state index in [-0.39, 0.29) is 30.3 Å². The third-order valence-electron chi connectivity index (χ3n) is 7.04. The summed E-state index contributed by atoms with van der Waals surface area (Å²) < 4.78 is 0. The number of aromatic nitrogens is 1. The van der Waals surface area contributed by atoms with Crippen molar-refractivity contribution < 1.29 is 14.7 Å². The first-order valence-corrected chi connectivity index (χ1v) is 15.2. The lowest BCUT2D eigenvalue weighted by molar-refractivity contribution is -0.124. The molecular weight excluding hydrogens is 534 g/mol. The van der Waals surface area contributed by atoms with Gasteiger partial charge in [0.25, 0.3) is 0 Å². The Kier molecular flexibility index (Phi) is 12.3. The summed E-state index contributed by atoms with van der Waals surface area (Å²) in [7, 11) is 1.70. The quantitative estimate of drug-likeness (QED) is 0.224. The van der Waals surface area contributed by atoms with Gasteiger partial charge >= 0.3 is 6.03 Å². The van der Waals surface area contributed by atoms with Crippen LogP contribution in [0.3, 0.4) is 0 Å². The van der Waals surface area contributed by atoms with E-state index >= 15 is 0 Å². The number of rotatable bonds is 14. The van der Waals surface area contributed by atoms with Gasteiger partial charge in [-0.2, -0.15) is 0 Å². The second kappa shape index (κ2) is 15.7. The zero-order valence-electron chi connectivity index (χ0n) is 24.8. The number of benzene rings is 2. The predicted molar refractivity (Wildman–Crippen MR) is 166 cm³/mol. The molecule has 1 aromatic heterocycles. The molecule has 2 aromatic carbocycles. The molecule has 0 saturated heterocycles. The fraction of sp³-hybridized carbons (Fsp3) is 0.469. The van der Waals surface area contributed by atoms with E-state index in [1.54, 1.807) is 18.4 Å². The van der Waals surface area contributed by atoms with Gasteiger partial charge < -0.3 is 26.4 Å². The number of aliphatic hydroxyl groups excluding tert-OH is 1. The molecule has 1 unspecified atom stereocenters. The molecular formula is C32H45N5O3S. The van der Waals surface area contributed by atoms with Crippen molar-refractivity contribution in [2.24, 2.45) is 11.7 Å². The van der Waals surface area contributed by atoms with Gasteiger partial charge in [-0.3, -0.25) is 4.79 Å². The molecule has 41 heavy (non-hydrogen) atoms. The molecule has 0 fully saturated rings. The third-order valence-corrected chi connectivity index (χ3v) is 8.24. The highest BCUT2D eigenvalue weighted by atomic mass is 32.1. The molecule has 3 amide bonds. The Morgan fingerprint density at radius 1 is 0.951 bits per heavy atom. The van der Waals surface area contributed by atoms with Crippen LogP contribution in [0.25, 0.3) is 0 Å². The second-order valence-electron chi connectivity index (χ2n) is 11.4. The summed E-state index contributed by atoms with van der Waals surface area (Å²) in [5.41, 5.74) is 9.29. The molecule has 0 spiro atoms. The van der Waals surface area contributed by atoms with Crippen molar-refractivity contribution in [2.45, 2.75) is 83.6 Å². The molecule has 5 N–H and O–H groups in total. The van der Waals surface area contributed by atoms with Gasteiger partial charge in [0.1, 0.15) is 6.04 Å². The molecule has 3 rings (SSSR count). The number of carbonyl (C=O) groups excluding carboxylic acids is 2. The molecule has 4 atom stereocenters. The van der Waals surface area contributed by atoms with Crippen LogP contribution in [0.2, 0.25) is 0 Å². The van der Waals surface area contributed by atoms with Crippen LogP contribution < -0.4 is 16.4 Å². The first kappa shape index (κ1) is 32.2. The number of thiazole rings is 1. The van der Waals surface area contributed by atoms with Crippen molar-refractivity contribution in [3.8, 4) is 0 Å². The van der Waals surface area contributed by atoms with Crippen LogP contribution in [0.4, 0.5) is 4.79 Å². The fourth-order valence-electron chi connectivity index (χ4n) is 4.62. The fourth-order valence-corrected chi connectivity index (χ4v) is 5.45. The Morgan fingerprint density at radius 3 is 2.07 bits per heavy atom. The summed E-state index contributed by atoms with van der Waals surface area (Å²) >= 11 is 1.59. The van der Waals surface area contributed by atoms with Crippen molar-refractivity contribution in [1.82, 2.24) is 20.5 Å². The number of nitrogens with one attached hydrogen (secondary N) is 2. The van der Waals surface area contributed by atoms with Crippen LogP contribution in [0.15, 0.2) is 66.0 Å². The lowest BCUT2D eigenvalue weighted by atomic mass is 9.93. The highest BCUT2D eigenvalue weighted by Crippen LogP contribution is 2.20. The van der Waals surface area contributed by atoms with Crippen molar-refractivity contribution >= 4 is 23.3 Å². The Balaban J connectivity index is 1.66. The summed E-state index contributed by atoms with van der Waals surface area (Å²) in [5, 5.41) is 20.0. The SMILES string of the molecule is CC(C)c1nc(CN(C)C(=O)NC(C(=O)N[C@@H](Cc2ccccc2)C[C@H](O)[C@@H](N)Cc2ccccc2)C(C)C)cs1. The topological polar surface area (TPSA) is 121 Å². The summed E-state index contributed by atoms with van der Waals surface area (Å²) in [5.74, 6) is -0.110. The van der Waals surface area contributed by atoms with Crippen molar-refractivity contribution in [3.05, 3.63) is 87.9 Å². The minimum Gasteiger partial charge on any atom is -0.391 e. The highest BCUT2D eigenvalue weighted by molar-refractivity contribution is 7.09. The molecule has 0 aliphatic rings. The zero-order valence-corrected chi connectivity index (χ0v) is 25.6.